The van der Waals surface area contributed by atoms with Crippen LogP contribution in [0, 0.1) is 0 Å². The number of imide groups is 1. The van der Waals surface area contributed by atoms with Crippen LogP contribution in [0.1, 0.15) is 31.1 Å². The molecule has 172 valence electrons. The average Bonchev–Trinajstić information content (AvgIpc) is 3.11. The van der Waals surface area contributed by atoms with Crippen LogP contribution in [0.15, 0.2) is 91.0 Å². The van der Waals surface area contributed by atoms with Crippen molar-refractivity contribution in [3.05, 3.63) is 113 Å². The van der Waals surface area contributed by atoms with Crippen molar-refractivity contribution in [1.82, 2.24) is 0 Å². The zero-order valence-corrected chi connectivity index (χ0v) is 19.0. The Morgan fingerprint density at radius 2 is 1.37 bits per heavy atom. The number of hydrogen-bond donors (Lipinski definition) is 2. The van der Waals surface area contributed by atoms with Gasteiger partial charge in [0.2, 0.25) is 0 Å². The summed E-state index contributed by atoms with van der Waals surface area (Å²) < 4.78 is 5.77. The quantitative estimate of drug-likeness (QED) is 0.277. The van der Waals surface area contributed by atoms with E-state index < -0.39 is 11.8 Å². The maximum atomic E-state index is 13.1. The lowest BCUT2D eigenvalue weighted by atomic mass is 10.1. The summed E-state index contributed by atoms with van der Waals surface area (Å²) in [4.78, 5) is 39.7. The summed E-state index contributed by atoms with van der Waals surface area (Å²) in [5.41, 5.74) is 7.92. The maximum Gasteiger partial charge on any atom is 0.266 e. The normalized spacial score (nSPS) is 12.4. The highest BCUT2D eigenvalue weighted by atomic mass is 35.5. The molecule has 0 saturated heterocycles. The van der Waals surface area contributed by atoms with Crippen molar-refractivity contribution in [3.63, 3.8) is 0 Å². The van der Waals surface area contributed by atoms with Gasteiger partial charge >= 0.3 is 0 Å². The van der Waals surface area contributed by atoms with Crippen LogP contribution in [-0.2, 0) is 0 Å². The van der Waals surface area contributed by atoms with Crippen molar-refractivity contribution < 1.29 is 19.1 Å². The number of carbonyl (C=O) groups is 3. The average molecular weight is 484 g/mol. The van der Waals surface area contributed by atoms with Crippen molar-refractivity contribution in [2.24, 2.45) is 0 Å². The molecule has 35 heavy (non-hydrogen) atoms. The standard InChI is InChI=1S/C27H18ClN3O4/c28-17-3-10-21(11-4-17)35-22-12-8-20(9-13-22)31-26(33)23-14-7-19(15-24(23)27(31)34)30-25(32)16-1-5-18(29)6-2-16/h1-15H,29H2,(H,30,32). The van der Waals surface area contributed by atoms with Crippen LogP contribution < -0.4 is 20.7 Å². The Morgan fingerprint density at radius 3 is 2.03 bits per heavy atom. The molecule has 0 aliphatic carbocycles. The monoisotopic (exact) mass is 483 g/mol. The summed E-state index contributed by atoms with van der Waals surface area (Å²) in [6.45, 7) is 0. The molecule has 1 aliphatic rings. The molecule has 4 aromatic carbocycles. The molecule has 0 saturated carbocycles. The number of halogens is 1. The third kappa shape index (κ3) is 4.45. The van der Waals surface area contributed by atoms with Gasteiger partial charge in [0.15, 0.2) is 0 Å². The number of carbonyl (C=O) groups excluding carboxylic acids is 3. The Bertz CT molecular complexity index is 1450. The van der Waals surface area contributed by atoms with E-state index in [1.165, 1.54) is 12.1 Å². The first-order valence-electron chi connectivity index (χ1n) is 10.6. The lowest BCUT2D eigenvalue weighted by Crippen LogP contribution is -2.29. The van der Waals surface area contributed by atoms with Gasteiger partial charge in [0.25, 0.3) is 17.7 Å². The Balaban J connectivity index is 1.33. The number of rotatable bonds is 5. The molecule has 4 aromatic rings. The Kier molecular flexibility index (Phi) is 5.68. The van der Waals surface area contributed by atoms with Crippen LogP contribution in [0.2, 0.25) is 5.02 Å². The number of nitrogens with one attached hydrogen (secondary N) is 1. The molecule has 3 N–H and O–H groups in total. The number of nitrogen functional groups attached to an aromatic ring is 1. The van der Waals surface area contributed by atoms with Crippen LogP contribution in [0.25, 0.3) is 0 Å². The third-order valence-electron chi connectivity index (χ3n) is 5.46. The molecule has 8 heteroatoms. The summed E-state index contributed by atoms with van der Waals surface area (Å²) in [5.74, 6) is -0.112. The molecular formula is C27H18ClN3O4. The van der Waals surface area contributed by atoms with Gasteiger partial charge in [-0.3, -0.25) is 14.4 Å². The minimum atomic E-state index is -0.472. The van der Waals surface area contributed by atoms with Gasteiger partial charge in [-0.15, -0.1) is 0 Å². The first-order chi connectivity index (χ1) is 16.9. The van der Waals surface area contributed by atoms with Gasteiger partial charge in [-0.2, -0.15) is 0 Å². The Labute approximate surface area is 205 Å². The first kappa shape index (κ1) is 22.2. The molecule has 0 spiro atoms. The zero-order valence-electron chi connectivity index (χ0n) is 18.2. The molecule has 0 radical (unpaired) electrons. The van der Waals surface area contributed by atoms with Gasteiger partial charge in [-0.1, -0.05) is 11.6 Å². The number of amides is 3. The fraction of sp³-hybridized carbons (Fsp3) is 0. The second kappa shape index (κ2) is 8.96. The summed E-state index contributed by atoms with van der Waals surface area (Å²) >= 11 is 5.89. The molecular weight excluding hydrogens is 466 g/mol. The largest absolute Gasteiger partial charge is 0.457 e. The SMILES string of the molecule is Nc1ccc(C(=O)Nc2ccc3c(c2)C(=O)N(c2ccc(Oc4ccc(Cl)cc4)cc2)C3=O)cc1. The van der Waals surface area contributed by atoms with Crippen LogP contribution in [-0.4, -0.2) is 17.7 Å². The topological polar surface area (TPSA) is 102 Å². The molecule has 7 nitrogen and oxygen atoms in total. The van der Waals surface area contributed by atoms with E-state index in [1.54, 1.807) is 78.9 Å². The molecule has 1 heterocycles. The van der Waals surface area contributed by atoms with Gasteiger partial charge in [0.1, 0.15) is 11.5 Å². The van der Waals surface area contributed by atoms with E-state index in [0.717, 1.165) is 4.90 Å². The van der Waals surface area contributed by atoms with E-state index in [2.05, 4.69) is 5.32 Å². The van der Waals surface area contributed by atoms with Crippen molar-refractivity contribution in [2.45, 2.75) is 0 Å². The van der Waals surface area contributed by atoms with Crippen LogP contribution >= 0.6 is 11.6 Å². The smallest absolute Gasteiger partial charge is 0.266 e. The molecule has 0 aromatic heterocycles. The van der Waals surface area contributed by atoms with Crippen LogP contribution in [0.4, 0.5) is 17.1 Å². The first-order valence-corrected chi connectivity index (χ1v) is 11.0. The number of nitrogens with two attached hydrogens (primary N) is 1. The second-order valence-corrected chi connectivity index (χ2v) is 8.27. The van der Waals surface area contributed by atoms with E-state index >= 15 is 0 Å². The number of hydrogen-bond acceptors (Lipinski definition) is 5. The predicted octanol–water partition coefficient (Wildman–Crippen LogP) is 5.77. The molecule has 5 rings (SSSR count). The fourth-order valence-corrected chi connectivity index (χ4v) is 3.82. The Hall–Kier alpha value is -4.62. The summed E-state index contributed by atoms with van der Waals surface area (Å²) in [6.07, 6.45) is 0. The van der Waals surface area contributed by atoms with E-state index in [4.69, 9.17) is 22.1 Å². The van der Waals surface area contributed by atoms with Crippen molar-refractivity contribution in [2.75, 3.05) is 16.0 Å². The minimum absolute atomic E-state index is 0.214. The summed E-state index contributed by atoms with van der Waals surface area (Å²) in [7, 11) is 0. The van der Waals surface area contributed by atoms with Gasteiger partial charge in [-0.05, 0) is 91.0 Å². The maximum absolute atomic E-state index is 13.1. The number of anilines is 3. The zero-order chi connectivity index (χ0) is 24.5. The highest BCUT2D eigenvalue weighted by molar-refractivity contribution is 6.34. The number of ether oxygens (including phenoxy) is 1. The highest BCUT2D eigenvalue weighted by Crippen LogP contribution is 2.32. The molecule has 0 bridgehead atoms. The molecule has 0 unspecified atom stereocenters. The number of fused-ring (bicyclic) bond motifs is 1. The van der Waals surface area contributed by atoms with Crippen molar-refractivity contribution >= 4 is 46.4 Å². The van der Waals surface area contributed by atoms with E-state index in [1.807, 2.05) is 0 Å². The Morgan fingerprint density at radius 1 is 0.771 bits per heavy atom. The van der Waals surface area contributed by atoms with Crippen LogP contribution in [0.3, 0.4) is 0 Å². The van der Waals surface area contributed by atoms with Crippen molar-refractivity contribution in [3.8, 4) is 11.5 Å². The van der Waals surface area contributed by atoms with Gasteiger partial charge in [0.05, 0.1) is 16.8 Å². The van der Waals surface area contributed by atoms with E-state index in [0.29, 0.717) is 39.1 Å². The fourth-order valence-electron chi connectivity index (χ4n) is 3.69. The van der Waals surface area contributed by atoms with Crippen molar-refractivity contribution in [1.29, 1.82) is 0 Å². The minimum Gasteiger partial charge on any atom is -0.457 e. The predicted molar refractivity (Wildman–Crippen MR) is 134 cm³/mol. The molecule has 0 atom stereocenters. The van der Waals surface area contributed by atoms with Gasteiger partial charge in [-0.25, -0.2) is 4.90 Å². The lowest BCUT2D eigenvalue weighted by Gasteiger charge is -2.14. The molecule has 3 amide bonds. The second-order valence-electron chi connectivity index (χ2n) is 7.83. The van der Waals surface area contributed by atoms with E-state index in [9.17, 15) is 14.4 Å². The molecule has 0 fully saturated rings. The van der Waals surface area contributed by atoms with Gasteiger partial charge in [0, 0.05) is 22.0 Å². The third-order valence-corrected chi connectivity index (χ3v) is 5.71. The number of benzene rings is 4. The number of nitrogens with zero attached hydrogens (tertiary/aromatic N) is 1. The van der Waals surface area contributed by atoms with Crippen LogP contribution in [0.5, 0.6) is 11.5 Å². The highest BCUT2D eigenvalue weighted by Gasteiger charge is 2.37. The van der Waals surface area contributed by atoms with E-state index in [-0.39, 0.29) is 17.0 Å². The summed E-state index contributed by atoms with van der Waals surface area (Å²) in [5, 5.41) is 3.35. The molecule has 1 aliphatic heterocycles. The summed E-state index contributed by atoms with van der Waals surface area (Å²) in [6, 6.07) is 24.6. The van der Waals surface area contributed by atoms with Gasteiger partial charge < -0.3 is 15.8 Å². The lowest BCUT2D eigenvalue weighted by molar-refractivity contribution is 0.0924.